The number of nitrogens with one attached hydrogen (secondary N) is 1. The highest BCUT2D eigenvalue weighted by atomic mass is 15.2. The summed E-state index contributed by atoms with van der Waals surface area (Å²) in [5.74, 6) is 0.940. The SMILES string of the molecule is CN(C)C1CCN(CCC2CCCNC2)CC1. The topological polar surface area (TPSA) is 18.5 Å². The summed E-state index contributed by atoms with van der Waals surface area (Å²) in [7, 11) is 4.43. The first-order chi connectivity index (χ1) is 8.25. The van der Waals surface area contributed by atoms with Crippen LogP contribution in [0.1, 0.15) is 32.1 Å². The Morgan fingerprint density at radius 2 is 1.94 bits per heavy atom. The van der Waals surface area contributed by atoms with Gasteiger partial charge in [-0.05, 0) is 84.8 Å². The summed E-state index contributed by atoms with van der Waals surface area (Å²) in [6.07, 6.45) is 6.94. The van der Waals surface area contributed by atoms with Crippen LogP contribution in [0.15, 0.2) is 0 Å². The average Bonchev–Trinajstić information content (AvgIpc) is 2.38. The molecule has 1 unspecified atom stereocenters. The highest BCUT2D eigenvalue weighted by molar-refractivity contribution is 4.78. The second kappa shape index (κ2) is 6.72. The third-order valence-electron chi connectivity index (χ3n) is 4.54. The summed E-state index contributed by atoms with van der Waals surface area (Å²) in [6.45, 7) is 6.44. The molecule has 1 N–H and O–H groups in total. The van der Waals surface area contributed by atoms with E-state index in [0.717, 1.165) is 12.0 Å². The van der Waals surface area contributed by atoms with Gasteiger partial charge in [0, 0.05) is 6.04 Å². The lowest BCUT2D eigenvalue weighted by Gasteiger charge is -2.36. The molecule has 0 aromatic rings. The predicted octanol–water partition coefficient (Wildman–Crippen LogP) is 1.40. The third kappa shape index (κ3) is 4.23. The summed E-state index contributed by atoms with van der Waals surface area (Å²) in [5, 5.41) is 3.52. The number of rotatable bonds is 4. The Labute approximate surface area is 107 Å². The van der Waals surface area contributed by atoms with Crippen molar-refractivity contribution in [1.82, 2.24) is 15.1 Å². The fraction of sp³-hybridized carbons (Fsp3) is 1.00. The van der Waals surface area contributed by atoms with E-state index < -0.39 is 0 Å². The summed E-state index contributed by atoms with van der Waals surface area (Å²) < 4.78 is 0. The van der Waals surface area contributed by atoms with Gasteiger partial charge in [0.2, 0.25) is 0 Å². The van der Waals surface area contributed by atoms with Crippen LogP contribution < -0.4 is 5.32 Å². The first-order valence-corrected chi connectivity index (χ1v) is 7.35. The predicted molar refractivity (Wildman–Crippen MR) is 73.4 cm³/mol. The van der Waals surface area contributed by atoms with Crippen molar-refractivity contribution in [3.63, 3.8) is 0 Å². The number of nitrogens with zero attached hydrogens (tertiary/aromatic N) is 2. The highest BCUT2D eigenvalue weighted by Gasteiger charge is 2.21. The molecule has 0 aromatic heterocycles. The minimum absolute atomic E-state index is 0.822. The van der Waals surface area contributed by atoms with Crippen molar-refractivity contribution >= 4 is 0 Å². The molecular weight excluding hydrogens is 210 g/mol. The molecule has 0 bridgehead atoms. The molecule has 3 nitrogen and oxygen atoms in total. The van der Waals surface area contributed by atoms with Gasteiger partial charge in [-0.2, -0.15) is 0 Å². The average molecular weight is 239 g/mol. The molecule has 100 valence electrons. The summed E-state index contributed by atoms with van der Waals surface area (Å²) in [6, 6.07) is 0.822. The number of hydrogen-bond donors (Lipinski definition) is 1. The zero-order chi connectivity index (χ0) is 12.1. The van der Waals surface area contributed by atoms with Crippen molar-refractivity contribution in [3.05, 3.63) is 0 Å². The lowest BCUT2D eigenvalue weighted by molar-refractivity contribution is 0.137. The third-order valence-corrected chi connectivity index (χ3v) is 4.54. The Hall–Kier alpha value is -0.120. The van der Waals surface area contributed by atoms with Gasteiger partial charge >= 0.3 is 0 Å². The zero-order valence-corrected chi connectivity index (χ0v) is 11.6. The molecule has 0 amide bonds. The van der Waals surface area contributed by atoms with E-state index in [2.05, 4.69) is 29.2 Å². The fourth-order valence-electron chi connectivity index (χ4n) is 3.19. The van der Waals surface area contributed by atoms with Gasteiger partial charge < -0.3 is 15.1 Å². The van der Waals surface area contributed by atoms with Crippen LogP contribution in [-0.4, -0.2) is 62.7 Å². The number of likely N-dealkylation sites (tertiary alicyclic amines) is 1. The lowest BCUT2D eigenvalue weighted by atomic mass is 9.95. The molecule has 2 rings (SSSR count). The van der Waals surface area contributed by atoms with Gasteiger partial charge in [-0.3, -0.25) is 0 Å². The van der Waals surface area contributed by atoms with E-state index in [-0.39, 0.29) is 0 Å². The molecule has 0 radical (unpaired) electrons. The standard InChI is InChI=1S/C14H29N3/c1-16(2)14-6-10-17(11-7-14)9-5-13-4-3-8-15-12-13/h13-15H,3-12H2,1-2H3. The lowest BCUT2D eigenvalue weighted by Crippen LogP contribution is -2.43. The molecule has 2 saturated heterocycles. The van der Waals surface area contributed by atoms with E-state index in [1.54, 1.807) is 0 Å². The Balaban J connectivity index is 1.61. The maximum absolute atomic E-state index is 3.52. The van der Waals surface area contributed by atoms with Crippen LogP contribution in [-0.2, 0) is 0 Å². The molecule has 0 aromatic carbocycles. The van der Waals surface area contributed by atoms with Crippen molar-refractivity contribution in [3.8, 4) is 0 Å². The number of piperidine rings is 2. The van der Waals surface area contributed by atoms with Crippen LogP contribution in [0.2, 0.25) is 0 Å². The Kier molecular flexibility index (Phi) is 5.26. The summed E-state index contributed by atoms with van der Waals surface area (Å²) in [4.78, 5) is 5.07. The first kappa shape index (κ1) is 13.3. The van der Waals surface area contributed by atoms with Crippen LogP contribution in [0.5, 0.6) is 0 Å². The van der Waals surface area contributed by atoms with E-state index in [0.29, 0.717) is 0 Å². The van der Waals surface area contributed by atoms with Gasteiger partial charge in [-0.15, -0.1) is 0 Å². The largest absolute Gasteiger partial charge is 0.316 e. The monoisotopic (exact) mass is 239 g/mol. The van der Waals surface area contributed by atoms with E-state index in [4.69, 9.17) is 0 Å². The molecule has 1 atom stereocenters. The quantitative estimate of drug-likeness (QED) is 0.800. The molecule has 3 heteroatoms. The molecule has 2 heterocycles. The Morgan fingerprint density at radius 3 is 2.53 bits per heavy atom. The maximum atomic E-state index is 3.52. The van der Waals surface area contributed by atoms with Crippen LogP contribution >= 0.6 is 0 Å². The van der Waals surface area contributed by atoms with E-state index in [1.165, 1.54) is 64.8 Å². The van der Waals surface area contributed by atoms with Crippen molar-refractivity contribution in [1.29, 1.82) is 0 Å². The van der Waals surface area contributed by atoms with Crippen molar-refractivity contribution in [2.24, 2.45) is 5.92 Å². The number of hydrogen-bond acceptors (Lipinski definition) is 3. The van der Waals surface area contributed by atoms with Gasteiger partial charge in [-0.1, -0.05) is 0 Å². The van der Waals surface area contributed by atoms with Crippen molar-refractivity contribution in [2.45, 2.75) is 38.1 Å². The van der Waals surface area contributed by atoms with Gasteiger partial charge in [-0.25, -0.2) is 0 Å². The molecule has 2 fully saturated rings. The molecular formula is C14H29N3. The zero-order valence-electron chi connectivity index (χ0n) is 11.6. The van der Waals surface area contributed by atoms with Gasteiger partial charge in [0.05, 0.1) is 0 Å². The Morgan fingerprint density at radius 1 is 1.18 bits per heavy atom. The second-order valence-corrected chi connectivity index (χ2v) is 6.04. The van der Waals surface area contributed by atoms with Gasteiger partial charge in [0.15, 0.2) is 0 Å². The summed E-state index contributed by atoms with van der Waals surface area (Å²) in [5.41, 5.74) is 0. The van der Waals surface area contributed by atoms with Crippen molar-refractivity contribution in [2.75, 3.05) is 46.8 Å². The minimum Gasteiger partial charge on any atom is -0.316 e. The van der Waals surface area contributed by atoms with Gasteiger partial charge in [0.25, 0.3) is 0 Å². The molecule has 0 spiro atoms. The van der Waals surface area contributed by atoms with E-state index in [9.17, 15) is 0 Å². The first-order valence-electron chi connectivity index (χ1n) is 7.35. The fourth-order valence-corrected chi connectivity index (χ4v) is 3.19. The second-order valence-electron chi connectivity index (χ2n) is 6.04. The van der Waals surface area contributed by atoms with Crippen LogP contribution in [0.3, 0.4) is 0 Å². The van der Waals surface area contributed by atoms with Crippen LogP contribution in [0.25, 0.3) is 0 Å². The molecule has 0 aliphatic carbocycles. The molecule has 2 aliphatic heterocycles. The minimum atomic E-state index is 0.822. The highest BCUT2D eigenvalue weighted by Crippen LogP contribution is 2.18. The van der Waals surface area contributed by atoms with Crippen molar-refractivity contribution < 1.29 is 0 Å². The molecule has 17 heavy (non-hydrogen) atoms. The van der Waals surface area contributed by atoms with E-state index >= 15 is 0 Å². The van der Waals surface area contributed by atoms with E-state index in [1.807, 2.05) is 0 Å². The van der Waals surface area contributed by atoms with Crippen LogP contribution in [0, 0.1) is 5.92 Å². The molecule has 0 saturated carbocycles. The Bertz CT molecular complexity index is 204. The normalized spacial score (nSPS) is 28.8. The smallest absolute Gasteiger partial charge is 0.0113 e. The molecule has 2 aliphatic rings. The van der Waals surface area contributed by atoms with Crippen LogP contribution in [0.4, 0.5) is 0 Å². The summed E-state index contributed by atoms with van der Waals surface area (Å²) >= 11 is 0. The van der Waals surface area contributed by atoms with Gasteiger partial charge in [0.1, 0.15) is 0 Å². The maximum Gasteiger partial charge on any atom is 0.0113 e.